The molecule has 0 aliphatic rings. The highest BCUT2D eigenvalue weighted by Crippen LogP contribution is 2.23. The average molecular weight is 192 g/mol. The van der Waals surface area contributed by atoms with Crippen molar-refractivity contribution in [2.24, 2.45) is 0 Å². The van der Waals surface area contributed by atoms with Gasteiger partial charge in [-0.2, -0.15) is 0 Å². The average Bonchev–Trinajstić information content (AvgIpc) is 2.30. The van der Waals surface area contributed by atoms with Crippen molar-refractivity contribution in [3.63, 3.8) is 0 Å². The summed E-state index contributed by atoms with van der Waals surface area (Å²) in [4.78, 5) is 10.8. The predicted octanol–water partition coefficient (Wildman–Crippen LogP) is 2.22. The summed E-state index contributed by atoms with van der Waals surface area (Å²) < 4.78 is 0. The van der Waals surface area contributed by atoms with Crippen molar-refractivity contribution in [1.82, 2.24) is 0 Å². The first-order valence-corrected chi connectivity index (χ1v) is 4.85. The summed E-state index contributed by atoms with van der Waals surface area (Å²) in [5.41, 5.74) is 0. The van der Waals surface area contributed by atoms with Gasteiger partial charge in [0, 0.05) is 5.39 Å². The number of carbonyl (C=O) groups excluding carboxylic acids is 1. The molecule has 0 unspecified atom stereocenters. The minimum absolute atomic E-state index is 0.638. The first kappa shape index (κ1) is 8.22. The lowest BCUT2D eigenvalue weighted by Gasteiger charge is -2.03. The van der Waals surface area contributed by atoms with Crippen LogP contribution in [0.25, 0.3) is 21.5 Å². The van der Waals surface area contributed by atoms with E-state index in [4.69, 9.17) is 0 Å². The third kappa shape index (κ3) is 1.08. The smallest absolute Gasteiger partial charge is 0.133 e. The Morgan fingerprint density at radius 1 is 0.800 bits per heavy atom. The van der Waals surface area contributed by atoms with Gasteiger partial charge in [-0.05, 0) is 22.2 Å². The van der Waals surface area contributed by atoms with Crippen LogP contribution in [0.4, 0.5) is 0 Å². The van der Waals surface area contributed by atoms with Gasteiger partial charge < -0.3 is 0 Å². The minimum Gasteiger partial charge on any atom is -0.233 e. The van der Waals surface area contributed by atoms with E-state index >= 15 is 0 Å². The molecule has 0 amide bonds. The third-order valence-electron chi connectivity index (χ3n) is 2.77. The quantitative estimate of drug-likeness (QED) is 0.533. The van der Waals surface area contributed by atoms with E-state index in [1.807, 2.05) is 36.3 Å². The van der Waals surface area contributed by atoms with E-state index in [2.05, 4.69) is 18.2 Å². The molecule has 1 heteroatoms. The predicted molar refractivity (Wildman–Crippen MR) is 61.5 cm³/mol. The van der Waals surface area contributed by atoms with Crippen LogP contribution in [0.5, 0.6) is 0 Å². The number of hydrogen-bond acceptors (Lipinski definition) is 1. The maximum Gasteiger partial charge on any atom is 0.133 e. The van der Waals surface area contributed by atoms with Crippen LogP contribution in [0.2, 0.25) is 0 Å². The van der Waals surface area contributed by atoms with Crippen LogP contribution in [0.3, 0.4) is 0 Å². The van der Waals surface area contributed by atoms with Crippen molar-refractivity contribution in [2.45, 2.75) is 0 Å². The van der Waals surface area contributed by atoms with Gasteiger partial charge in [0.2, 0.25) is 0 Å². The van der Waals surface area contributed by atoms with Gasteiger partial charge in [-0.3, -0.25) is 0 Å². The molecule has 0 fully saturated rings. The van der Waals surface area contributed by atoms with E-state index in [0.29, 0.717) is 5.22 Å². The maximum atomic E-state index is 10.8. The zero-order chi connectivity index (χ0) is 10.3. The fourth-order valence-electron chi connectivity index (χ4n) is 2.09. The molecule has 0 bridgehead atoms. The largest absolute Gasteiger partial charge is 0.233 e. The lowest BCUT2D eigenvalue weighted by molar-refractivity contribution is 0.568. The fourth-order valence-corrected chi connectivity index (χ4v) is 2.09. The molecule has 0 aliphatic heterocycles. The Kier molecular flexibility index (Phi) is 1.61. The van der Waals surface area contributed by atoms with Crippen LogP contribution in [0.15, 0.2) is 48.5 Å². The SMILES string of the molecule is O=C=c1ccc2cccc3cccc1c32. The second-order valence-corrected chi connectivity index (χ2v) is 3.60. The highest BCUT2D eigenvalue weighted by atomic mass is 16.1. The third-order valence-corrected chi connectivity index (χ3v) is 2.77. The normalized spacial score (nSPS) is 10.7. The molecule has 0 heterocycles. The second kappa shape index (κ2) is 2.94. The lowest BCUT2D eigenvalue weighted by atomic mass is 10.00. The Labute approximate surface area is 86.6 Å². The van der Waals surface area contributed by atoms with Gasteiger partial charge in [0.25, 0.3) is 0 Å². The maximum absolute atomic E-state index is 10.8. The Morgan fingerprint density at radius 3 is 2.20 bits per heavy atom. The van der Waals surface area contributed by atoms with Gasteiger partial charge in [-0.25, -0.2) is 4.79 Å². The first-order valence-electron chi connectivity index (χ1n) is 4.85. The summed E-state index contributed by atoms with van der Waals surface area (Å²) >= 11 is 0. The van der Waals surface area contributed by atoms with Gasteiger partial charge >= 0.3 is 0 Å². The summed E-state index contributed by atoms with van der Waals surface area (Å²) in [6.45, 7) is 0. The number of rotatable bonds is 0. The molecule has 0 aliphatic carbocycles. The van der Waals surface area contributed by atoms with Crippen molar-refractivity contribution in [3.8, 4) is 0 Å². The van der Waals surface area contributed by atoms with E-state index < -0.39 is 0 Å². The molecule has 1 nitrogen and oxygen atoms in total. The monoisotopic (exact) mass is 192 g/mol. The van der Waals surface area contributed by atoms with Crippen molar-refractivity contribution in [2.75, 3.05) is 0 Å². The zero-order valence-electron chi connectivity index (χ0n) is 8.03. The summed E-state index contributed by atoms with van der Waals surface area (Å²) in [7, 11) is 0. The molecule has 0 atom stereocenters. The van der Waals surface area contributed by atoms with Crippen LogP contribution < -0.4 is 5.22 Å². The molecular weight excluding hydrogens is 184 g/mol. The van der Waals surface area contributed by atoms with Gasteiger partial charge in [0.1, 0.15) is 5.94 Å². The summed E-state index contributed by atoms with van der Waals surface area (Å²) in [6, 6.07) is 15.9. The van der Waals surface area contributed by atoms with Crippen molar-refractivity contribution in [1.29, 1.82) is 0 Å². The molecule has 0 saturated heterocycles. The van der Waals surface area contributed by atoms with E-state index in [1.54, 1.807) is 0 Å². The number of hydrogen-bond donors (Lipinski definition) is 0. The lowest BCUT2D eigenvalue weighted by Crippen LogP contribution is -2.03. The fraction of sp³-hybridized carbons (Fsp3) is 0. The molecule has 70 valence electrons. The second-order valence-electron chi connectivity index (χ2n) is 3.60. The van der Waals surface area contributed by atoms with Crippen molar-refractivity contribution >= 4 is 27.5 Å². The molecule has 3 aromatic rings. The van der Waals surface area contributed by atoms with E-state index in [9.17, 15) is 4.79 Å². The zero-order valence-corrected chi connectivity index (χ0v) is 8.03. The van der Waals surface area contributed by atoms with Crippen LogP contribution in [0.1, 0.15) is 0 Å². The van der Waals surface area contributed by atoms with Crippen LogP contribution in [-0.4, -0.2) is 5.94 Å². The van der Waals surface area contributed by atoms with Crippen molar-refractivity contribution < 1.29 is 4.79 Å². The highest BCUT2D eigenvalue weighted by Gasteiger charge is 2.01. The molecule has 0 spiro atoms. The minimum atomic E-state index is 0.638. The Balaban J connectivity index is 2.80. The Morgan fingerprint density at radius 2 is 1.47 bits per heavy atom. The molecule has 0 aromatic heterocycles. The van der Waals surface area contributed by atoms with Crippen LogP contribution in [-0.2, 0) is 4.79 Å². The van der Waals surface area contributed by atoms with Crippen LogP contribution >= 0.6 is 0 Å². The van der Waals surface area contributed by atoms with Crippen molar-refractivity contribution in [3.05, 3.63) is 53.7 Å². The van der Waals surface area contributed by atoms with Crippen LogP contribution in [0, 0.1) is 0 Å². The van der Waals surface area contributed by atoms with Gasteiger partial charge in [0.05, 0.1) is 5.22 Å². The Bertz CT molecular complexity index is 699. The van der Waals surface area contributed by atoms with Gasteiger partial charge in [-0.1, -0.05) is 42.5 Å². The molecule has 0 radical (unpaired) electrons. The Hall–Kier alpha value is -2.11. The molecule has 3 rings (SSSR count). The molecule has 0 N–H and O–H groups in total. The molecule has 15 heavy (non-hydrogen) atoms. The molecular formula is C14H8O. The van der Waals surface area contributed by atoms with Gasteiger partial charge in [-0.15, -0.1) is 0 Å². The summed E-state index contributed by atoms with van der Waals surface area (Å²) in [5, 5.41) is 5.12. The highest BCUT2D eigenvalue weighted by molar-refractivity contribution is 6.10. The van der Waals surface area contributed by atoms with E-state index in [1.165, 1.54) is 10.8 Å². The summed E-state index contributed by atoms with van der Waals surface area (Å²) in [6.07, 6.45) is 0. The topological polar surface area (TPSA) is 17.1 Å². The standard InChI is InChI=1S/C14H8O/c15-9-12-8-7-11-4-1-3-10-5-2-6-13(12)14(10)11/h1-8H. The molecule has 0 saturated carbocycles. The van der Waals surface area contributed by atoms with E-state index in [0.717, 1.165) is 10.8 Å². The first-order chi connectivity index (χ1) is 7.40. The molecule has 3 aromatic carbocycles. The van der Waals surface area contributed by atoms with E-state index in [-0.39, 0.29) is 0 Å². The number of benzene rings is 3. The summed E-state index contributed by atoms with van der Waals surface area (Å²) in [5.74, 6) is 1.98. The van der Waals surface area contributed by atoms with Gasteiger partial charge in [0.15, 0.2) is 0 Å².